The smallest absolute Gasteiger partial charge is 0.405 e. The summed E-state index contributed by atoms with van der Waals surface area (Å²) in [6, 6.07) is 9.16. The fourth-order valence-corrected chi connectivity index (χ4v) is 6.47. The molecule has 1 fully saturated rings. The van der Waals surface area contributed by atoms with Gasteiger partial charge in [0.25, 0.3) is 0 Å². The van der Waals surface area contributed by atoms with Crippen LogP contribution in [0.3, 0.4) is 0 Å². The first-order valence-electron chi connectivity index (χ1n) is 13.4. The molecule has 3 aromatic rings. The molecule has 5 atom stereocenters. The lowest BCUT2D eigenvalue weighted by Gasteiger charge is -2.27. The number of nitrogens with two attached hydrogens (primary N) is 1. The van der Waals surface area contributed by atoms with Gasteiger partial charge >= 0.3 is 7.75 Å². The number of carbonyl (C=O) groups is 1. The van der Waals surface area contributed by atoms with E-state index in [1.807, 2.05) is 30.3 Å². The van der Waals surface area contributed by atoms with Crippen LogP contribution in [0.15, 0.2) is 36.7 Å². The SMILES string of the molecule is COc1nc(N)nc2c1ncn2C1O[C@H](COP(=O)(NCc2ccccc2)OCCSC(=O)C(C)(C)CO)C(O)[C@]1(C)O. The number of ether oxygens (including phenoxy) is 2. The predicted octanol–water partition coefficient (Wildman–Crippen LogP) is 1.64. The zero-order valence-corrected chi connectivity index (χ0v) is 26.0. The first-order chi connectivity index (χ1) is 20.3. The summed E-state index contributed by atoms with van der Waals surface area (Å²) < 4.78 is 37.7. The molecule has 0 amide bonds. The Morgan fingerprint density at radius 1 is 1.28 bits per heavy atom. The van der Waals surface area contributed by atoms with Gasteiger partial charge < -0.3 is 30.5 Å². The number of hydrogen-bond acceptors (Lipinski definition) is 14. The number of nitrogen functional groups attached to an aromatic ring is 1. The first kappa shape index (κ1) is 33.2. The van der Waals surface area contributed by atoms with Crippen molar-refractivity contribution in [3.05, 3.63) is 42.2 Å². The summed E-state index contributed by atoms with van der Waals surface area (Å²) in [6.45, 7) is 3.91. The fourth-order valence-electron chi connectivity index (χ4n) is 4.23. The van der Waals surface area contributed by atoms with Crippen molar-refractivity contribution in [1.82, 2.24) is 24.6 Å². The minimum absolute atomic E-state index is 0.0912. The Bertz CT molecular complexity index is 1460. The van der Waals surface area contributed by atoms with Gasteiger partial charge in [0.1, 0.15) is 17.8 Å². The monoisotopic (exact) mass is 640 g/mol. The average molecular weight is 641 g/mol. The number of methoxy groups -OCH3 is 1. The average Bonchev–Trinajstić information content (AvgIpc) is 3.50. The van der Waals surface area contributed by atoms with Crippen LogP contribution in [0.2, 0.25) is 0 Å². The summed E-state index contributed by atoms with van der Waals surface area (Å²) in [4.78, 5) is 24.7. The molecular weight excluding hydrogens is 603 g/mol. The van der Waals surface area contributed by atoms with E-state index in [1.165, 1.54) is 24.9 Å². The third kappa shape index (κ3) is 7.53. The van der Waals surface area contributed by atoms with Gasteiger partial charge in [-0.2, -0.15) is 9.97 Å². The van der Waals surface area contributed by atoms with Gasteiger partial charge in [-0.1, -0.05) is 42.1 Å². The third-order valence-corrected chi connectivity index (χ3v) is 9.60. The highest BCUT2D eigenvalue weighted by atomic mass is 32.2. The minimum atomic E-state index is -4.02. The molecule has 6 N–H and O–H groups in total. The van der Waals surface area contributed by atoms with Crippen molar-refractivity contribution in [2.45, 2.75) is 51.4 Å². The van der Waals surface area contributed by atoms with Gasteiger partial charge in [0.05, 0.1) is 38.7 Å². The molecule has 0 spiro atoms. The second-order valence-electron chi connectivity index (χ2n) is 10.7. The Hall–Kier alpha value is -2.66. The first-order valence-corrected chi connectivity index (χ1v) is 15.9. The van der Waals surface area contributed by atoms with Crippen LogP contribution in [-0.4, -0.2) is 90.4 Å². The lowest BCUT2D eigenvalue weighted by Crippen LogP contribution is -2.44. The number of aliphatic hydroxyl groups excluding tert-OH is 2. The molecule has 4 rings (SSSR count). The Balaban J connectivity index is 1.47. The van der Waals surface area contributed by atoms with Crippen molar-refractivity contribution >= 4 is 41.7 Å². The van der Waals surface area contributed by atoms with Crippen molar-refractivity contribution < 1.29 is 43.2 Å². The lowest BCUT2D eigenvalue weighted by atomic mass is 9.96. The van der Waals surface area contributed by atoms with Gasteiger partial charge in [0.2, 0.25) is 11.8 Å². The predicted molar refractivity (Wildman–Crippen MR) is 158 cm³/mol. The molecule has 1 aliphatic heterocycles. The molecule has 1 saturated heterocycles. The number of anilines is 1. The number of hydrogen-bond donors (Lipinski definition) is 5. The van der Waals surface area contributed by atoms with Gasteiger partial charge in [-0.25, -0.2) is 14.6 Å². The lowest BCUT2D eigenvalue weighted by molar-refractivity contribution is -0.119. The number of benzene rings is 1. The number of nitrogens with one attached hydrogen (secondary N) is 1. The largest absolute Gasteiger partial charge is 0.479 e. The van der Waals surface area contributed by atoms with Gasteiger partial charge in [-0.05, 0) is 26.3 Å². The number of fused-ring (bicyclic) bond motifs is 1. The molecule has 0 radical (unpaired) electrons. The van der Waals surface area contributed by atoms with Gasteiger partial charge in [-0.15, -0.1) is 0 Å². The maximum Gasteiger partial charge on any atom is 0.405 e. The topological polar surface area (TPSA) is 213 Å². The van der Waals surface area contributed by atoms with Crippen molar-refractivity contribution in [3.63, 3.8) is 0 Å². The molecule has 1 aliphatic rings. The van der Waals surface area contributed by atoms with Crippen LogP contribution < -0.4 is 15.6 Å². The summed E-state index contributed by atoms with van der Waals surface area (Å²) in [7, 11) is -2.62. The van der Waals surface area contributed by atoms with Crippen molar-refractivity contribution in [2.24, 2.45) is 5.41 Å². The van der Waals surface area contributed by atoms with E-state index in [0.29, 0.717) is 0 Å². The Kier molecular flexibility index (Phi) is 10.5. The molecule has 1 aromatic carbocycles. The molecule has 0 saturated carbocycles. The van der Waals surface area contributed by atoms with Gasteiger partial charge in [0, 0.05) is 12.3 Å². The summed E-state index contributed by atoms with van der Waals surface area (Å²) in [5.41, 5.74) is 4.32. The second kappa shape index (κ2) is 13.5. The maximum absolute atomic E-state index is 13.8. The Morgan fingerprint density at radius 2 is 2.00 bits per heavy atom. The van der Waals surface area contributed by atoms with Crippen molar-refractivity contribution in [1.29, 1.82) is 0 Å². The van der Waals surface area contributed by atoms with Gasteiger partial charge in [0.15, 0.2) is 22.5 Å². The number of aromatic nitrogens is 4. The highest BCUT2D eigenvalue weighted by Crippen LogP contribution is 2.47. The number of aliphatic hydroxyl groups is 3. The highest BCUT2D eigenvalue weighted by molar-refractivity contribution is 8.13. The summed E-state index contributed by atoms with van der Waals surface area (Å²) >= 11 is 0.947. The summed E-state index contributed by atoms with van der Waals surface area (Å²) in [6.07, 6.45) is -2.46. The minimum Gasteiger partial charge on any atom is -0.479 e. The molecule has 0 aliphatic carbocycles. The van der Waals surface area contributed by atoms with E-state index in [0.717, 1.165) is 17.3 Å². The molecular formula is C26H37N6O9PS. The third-order valence-electron chi connectivity index (χ3n) is 6.86. The quantitative estimate of drug-likeness (QED) is 0.125. The van der Waals surface area contributed by atoms with E-state index in [9.17, 15) is 24.7 Å². The Morgan fingerprint density at radius 3 is 2.67 bits per heavy atom. The summed E-state index contributed by atoms with van der Waals surface area (Å²) in [5, 5.41) is 34.2. The summed E-state index contributed by atoms with van der Waals surface area (Å²) in [5.74, 6) is 0.192. The maximum atomic E-state index is 13.8. The normalized spacial score (nSPS) is 23.8. The number of imidazole rings is 1. The Labute approximate surface area is 252 Å². The molecule has 15 nitrogen and oxygen atoms in total. The molecule has 2 aromatic heterocycles. The van der Waals surface area contributed by atoms with E-state index in [1.54, 1.807) is 13.8 Å². The number of carbonyl (C=O) groups excluding carboxylic acids is 1. The highest BCUT2D eigenvalue weighted by Gasteiger charge is 2.54. The standard InChI is InChI=1S/C26H37N6O9PS/c1-25(2,14-33)23(35)43-11-10-39-42(37,29-12-16-8-6-5-7-9-16)40-13-17-19(34)26(3,36)22(41-17)32-15-28-18-20(32)30-24(27)31-21(18)38-4/h5-9,15,17,19,22,33-34,36H,10-14H2,1-4H3,(H,29,37)(H2,27,30,31)/t17-,19?,22?,26+,42?/m1/s1. The zero-order chi connectivity index (χ0) is 31.4. The van der Waals surface area contributed by atoms with Crippen molar-refractivity contribution in [3.8, 4) is 5.88 Å². The van der Waals surface area contributed by atoms with Crippen LogP contribution >= 0.6 is 19.5 Å². The van der Waals surface area contributed by atoms with E-state index in [-0.39, 0.29) is 53.6 Å². The molecule has 17 heteroatoms. The van der Waals surface area contributed by atoms with E-state index >= 15 is 0 Å². The van der Waals surface area contributed by atoms with E-state index < -0.39 is 43.8 Å². The molecule has 3 heterocycles. The van der Waals surface area contributed by atoms with Crippen LogP contribution in [0, 0.1) is 5.41 Å². The molecule has 236 valence electrons. The molecule has 43 heavy (non-hydrogen) atoms. The van der Waals surface area contributed by atoms with Gasteiger partial charge in [-0.3, -0.25) is 18.4 Å². The number of nitrogens with zero attached hydrogens (tertiary/aromatic N) is 4. The zero-order valence-electron chi connectivity index (χ0n) is 24.2. The van der Waals surface area contributed by atoms with Crippen LogP contribution in [0.1, 0.15) is 32.6 Å². The van der Waals surface area contributed by atoms with Crippen LogP contribution in [-0.2, 0) is 29.7 Å². The van der Waals surface area contributed by atoms with Crippen molar-refractivity contribution in [2.75, 3.05) is 38.4 Å². The van der Waals surface area contributed by atoms with E-state index in [2.05, 4.69) is 20.0 Å². The number of rotatable bonds is 14. The van der Waals surface area contributed by atoms with Crippen LogP contribution in [0.25, 0.3) is 11.2 Å². The van der Waals surface area contributed by atoms with Crippen LogP contribution in [0.5, 0.6) is 5.88 Å². The fraction of sp³-hybridized carbons (Fsp3) is 0.538. The molecule has 3 unspecified atom stereocenters. The number of thioether (sulfide) groups is 1. The van der Waals surface area contributed by atoms with E-state index in [4.69, 9.17) is 24.3 Å². The second-order valence-corrected chi connectivity index (χ2v) is 13.6. The molecule has 0 bridgehead atoms. The van der Waals surface area contributed by atoms with Crippen LogP contribution in [0.4, 0.5) is 5.95 Å².